The lowest BCUT2D eigenvalue weighted by atomic mass is 10.4. The summed E-state index contributed by atoms with van der Waals surface area (Å²) in [5.74, 6) is 1.84. The molecule has 0 radical (unpaired) electrons. The molecule has 1 atom stereocenters. The van der Waals surface area contributed by atoms with Crippen LogP contribution < -0.4 is 5.73 Å². The summed E-state index contributed by atoms with van der Waals surface area (Å²) in [6, 6.07) is 0. The van der Waals surface area contributed by atoms with Gasteiger partial charge < -0.3 is 10.6 Å². The molecule has 1 heterocycles. The van der Waals surface area contributed by atoms with Crippen LogP contribution in [0, 0.1) is 0 Å². The molecule has 1 rings (SSSR count). The molecule has 3 nitrogen and oxygen atoms in total. The van der Waals surface area contributed by atoms with Crippen molar-refractivity contribution in [3.05, 3.63) is 0 Å². The first kappa shape index (κ1) is 8.71. The van der Waals surface area contributed by atoms with Crippen molar-refractivity contribution in [2.45, 2.75) is 12.2 Å². The third-order valence-corrected chi connectivity index (χ3v) is 2.93. The summed E-state index contributed by atoms with van der Waals surface area (Å²) < 4.78 is 0. The highest BCUT2D eigenvalue weighted by Gasteiger charge is 2.17. The molecular formula is C7H15N3S. The lowest BCUT2D eigenvalue weighted by molar-refractivity contribution is 0.430. The van der Waals surface area contributed by atoms with Crippen molar-refractivity contribution in [1.29, 1.82) is 0 Å². The first-order chi connectivity index (χ1) is 5.24. The Balaban J connectivity index is 2.46. The second kappa shape index (κ2) is 3.85. The van der Waals surface area contributed by atoms with Gasteiger partial charge in [0, 0.05) is 31.1 Å². The molecule has 0 bridgehead atoms. The van der Waals surface area contributed by atoms with Gasteiger partial charge in [-0.15, -0.1) is 0 Å². The van der Waals surface area contributed by atoms with E-state index in [2.05, 4.69) is 16.8 Å². The number of nitrogens with zero attached hydrogens (tertiary/aromatic N) is 2. The Kier molecular flexibility index (Phi) is 3.05. The van der Waals surface area contributed by atoms with Gasteiger partial charge in [0.25, 0.3) is 0 Å². The predicted octanol–water partition coefficient (Wildman–Crippen LogP) is 0.368. The summed E-state index contributed by atoms with van der Waals surface area (Å²) in [5, 5.41) is 0.684. The zero-order chi connectivity index (χ0) is 8.27. The molecule has 0 aromatic carbocycles. The number of nitrogens with two attached hydrogens (primary N) is 1. The molecule has 4 heteroatoms. The third kappa shape index (κ3) is 2.29. The zero-order valence-corrected chi connectivity index (χ0v) is 7.90. The van der Waals surface area contributed by atoms with Gasteiger partial charge in [-0.05, 0) is 0 Å². The van der Waals surface area contributed by atoms with E-state index in [1.807, 2.05) is 11.8 Å². The predicted molar refractivity (Wildman–Crippen MR) is 51.0 cm³/mol. The van der Waals surface area contributed by atoms with Crippen molar-refractivity contribution in [2.75, 3.05) is 25.9 Å². The van der Waals surface area contributed by atoms with E-state index in [0.29, 0.717) is 11.2 Å². The van der Waals surface area contributed by atoms with E-state index in [-0.39, 0.29) is 0 Å². The van der Waals surface area contributed by atoms with E-state index < -0.39 is 0 Å². The molecule has 0 aromatic rings. The Morgan fingerprint density at radius 2 is 2.45 bits per heavy atom. The molecule has 0 aromatic heterocycles. The van der Waals surface area contributed by atoms with Gasteiger partial charge in [-0.25, -0.2) is 0 Å². The van der Waals surface area contributed by atoms with Crippen molar-refractivity contribution >= 4 is 17.7 Å². The summed E-state index contributed by atoms with van der Waals surface area (Å²) >= 11 is 2.00. The van der Waals surface area contributed by atoms with Crippen LogP contribution in [0.15, 0.2) is 4.99 Å². The molecular weight excluding hydrogens is 158 g/mol. The van der Waals surface area contributed by atoms with Crippen LogP contribution in [-0.2, 0) is 0 Å². The average Bonchev–Trinajstić information content (AvgIpc) is 2.03. The molecule has 0 amide bonds. The maximum Gasteiger partial charge on any atom is 0.191 e. The van der Waals surface area contributed by atoms with Gasteiger partial charge in [0.1, 0.15) is 0 Å². The number of thioether (sulfide) groups is 1. The van der Waals surface area contributed by atoms with E-state index in [0.717, 1.165) is 18.8 Å². The van der Waals surface area contributed by atoms with E-state index >= 15 is 0 Å². The van der Waals surface area contributed by atoms with Crippen LogP contribution in [-0.4, -0.2) is 42.0 Å². The quantitative estimate of drug-likeness (QED) is 0.425. The summed E-state index contributed by atoms with van der Waals surface area (Å²) in [6.45, 7) is 4.30. The van der Waals surface area contributed by atoms with Gasteiger partial charge in [0.2, 0.25) is 0 Å². The number of aliphatic imine (C=N–C) groups is 1. The maximum absolute atomic E-state index is 5.68. The number of rotatable bonds is 0. The first-order valence-corrected chi connectivity index (χ1v) is 4.87. The molecule has 1 aliphatic heterocycles. The minimum absolute atomic E-state index is 0.678. The summed E-state index contributed by atoms with van der Waals surface area (Å²) in [5.41, 5.74) is 5.68. The van der Waals surface area contributed by atoms with Gasteiger partial charge in [-0.1, -0.05) is 6.92 Å². The standard InChI is InChI=1S/C7H15N3S/c1-6-5-10(3-4-11-6)7(8)9-2/h6H,3-5H2,1-2H3,(H2,8,9). The Hall–Kier alpha value is -0.380. The Morgan fingerprint density at radius 1 is 1.73 bits per heavy atom. The van der Waals surface area contributed by atoms with Crippen molar-refractivity contribution in [2.24, 2.45) is 10.7 Å². The van der Waals surface area contributed by atoms with Gasteiger partial charge >= 0.3 is 0 Å². The van der Waals surface area contributed by atoms with Crippen LogP contribution in [0.3, 0.4) is 0 Å². The smallest absolute Gasteiger partial charge is 0.191 e. The first-order valence-electron chi connectivity index (χ1n) is 3.83. The molecule has 64 valence electrons. The lowest BCUT2D eigenvalue weighted by Crippen LogP contribution is -2.44. The van der Waals surface area contributed by atoms with Crippen molar-refractivity contribution in [1.82, 2.24) is 4.90 Å². The molecule has 0 saturated carbocycles. The fourth-order valence-electron chi connectivity index (χ4n) is 1.17. The fourth-order valence-corrected chi connectivity index (χ4v) is 2.18. The van der Waals surface area contributed by atoms with Crippen molar-refractivity contribution in [3.8, 4) is 0 Å². The SMILES string of the molecule is CN=C(N)N1CCSC(C)C1. The third-order valence-electron chi connectivity index (χ3n) is 1.79. The minimum atomic E-state index is 0.678. The highest BCUT2D eigenvalue weighted by atomic mass is 32.2. The van der Waals surface area contributed by atoms with Gasteiger partial charge in [0.15, 0.2) is 5.96 Å². The largest absolute Gasteiger partial charge is 0.370 e. The van der Waals surface area contributed by atoms with E-state index in [1.165, 1.54) is 0 Å². The van der Waals surface area contributed by atoms with Crippen LogP contribution in [0.25, 0.3) is 0 Å². The zero-order valence-electron chi connectivity index (χ0n) is 7.08. The van der Waals surface area contributed by atoms with E-state index in [9.17, 15) is 0 Å². The molecule has 1 aliphatic rings. The minimum Gasteiger partial charge on any atom is -0.370 e. The molecule has 2 N–H and O–H groups in total. The molecule has 0 spiro atoms. The van der Waals surface area contributed by atoms with Crippen molar-refractivity contribution in [3.63, 3.8) is 0 Å². The molecule has 1 saturated heterocycles. The van der Waals surface area contributed by atoms with Gasteiger partial charge in [0.05, 0.1) is 0 Å². The van der Waals surface area contributed by atoms with Gasteiger partial charge in [-0.2, -0.15) is 11.8 Å². The second-order valence-electron chi connectivity index (χ2n) is 2.71. The topological polar surface area (TPSA) is 41.6 Å². The fraction of sp³-hybridized carbons (Fsp3) is 0.857. The van der Waals surface area contributed by atoms with Crippen LogP contribution in [0.1, 0.15) is 6.92 Å². The van der Waals surface area contributed by atoms with Crippen LogP contribution in [0.2, 0.25) is 0 Å². The number of hydrogen-bond donors (Lipinski definition) is 1. The second-order valence-corrected chi connectivity index (χ2v) is 4.26. The number of hydrogen-bond acceptors (Lipinski definition) is 2. The average molecular weight is 173 g/mol. The van der Waals surface area contributed by atoms with Crippen LogP contribution >= 0.6 is 11.8 Å². The van der Waals surface area contributed by atoms with Crippen LogP contribution in [0.4, 0.5) is 0 Å². The summed E-state index contributed by atoms with van der Waals surface area (Å²) in [4.78, 5) is 6.10. The summed E-state index contributed by atoms with van der Waals surface area (Å²) in [7, 11) is 1.74. The maximum atomic E-state index is 5.68. The Bertz CT molecular complexity index is 158. The highest BCUT2D eigenvalue weighted by molar-refractivity contribution is 7.99. The Morgan fingerprint density at radius 3 is 3.00 bits per heavy atom. The molecule has 1 fully saturated rings. The van der Waals surface area contributed by atoms with E-state index in [1.54, 1.807) is 7.05 Å². The number of guanidine groups is 1. The van der Waals surface area contributed by atoms with Crippen LogP contribution in [0.5, 0.6) is 0 Å². The Labute approximate surface area is 72.0 Å². The molecule has 0 aliphatic carbocycles. The molecule has 11 heavy (non-hydrogen) atoms. The van der Waals surface area contributed by atoms with Crippen molar-refractivity contribution < 1.29 is 0 Å². The lowest BCUT2D eigenvalue weighted by Gasteiger charge is -2.31. The normalized spacial score (nSPS) is 27.3. The van der Waals surface area contributed by atoms with Gasteiger partial charge in [-0.3, -0.25) is 4.99 Å². The van der Waals surface area contributed by atoms with E-state index in [4.69, 9.17) is 5.73 Å². The molecule has 1 unspecified atom stereocenters. The summed E-state index contributed by atoms with van der Waals surface area (Å²) in [6.07, 6.45) is 0. The highest BCUT2D eigenvalue weighted by Crippen LogP contribution is 2.16. The monoisotopic (exact) mass is 173 g/mol.